The van der Waals surface area contributed by atoms with Gasteiger partial charge in [-0.15, -0.1) is 0 Å². The van der Waals surface area contributed by atoms with Crippen molar-refractivity contribution in [2.45, 2.75) is 20.0 Å². The van der Waals surface area contributed by atoms with Crippen LogP contribution in [0, 0.1) is 6.92 Å². The van der Waals surface area contributed by atoms with E-state index in [0.717, 1.165) is 22.6 Å². The van der Waals surface area contributed by atoms with Gasteiger partial charge >= 0.3 is 0 Å². The highest BCUT2D eigenvalue weighted by Gasteiger charge is 2.14. The van der Waals surface area contributed by atoms with Gasteiger partial charge in [-0.3, -0.25) is 9.98 Å². The molecular formula is C12H14N2O. The van der Waals surface area contributed by atoms with Crippen LogP contribution in [-0.4, -0.2) is 25.2 Å². The van der Waals surface area contributed by atoms with Crippen molar-refractivity contribution in [1.29, 1.82) is 0 Å². The van der Waals surface area contributed by atoms with Crippen LogP contribution in [0.3, 0.4) is 0 Å². The van der Waals surface area contributed by atoms with Crippen LogP contribution in [0.25, 0.3) is 0 Å². The summed E-state index contributed by atoms with van der Waals surface area (Å²) in [7, 11) is 1.68. The summed E-state index contributed by atoms with van der Waals surface area (Å²) in [6, 6.07) is 6.04. The molecule has 0 radical (unpaired) electrons. The third-order valence-corrected chi connectivity index (χ3v) is 2.43. The molecule has 1 aromatic rings. The molecule has 0 amide bonds. The van der Waals surface area contributed by atoms with E-state index in [4.69, 9.17) is 4.74 Å². The zero-order valence-electron chi connectivity index (χ0n) is 9.19. The van der Waals surface area contributed by atoms with Crippen molar-refractivity contribution in [3.05, 3.63) is 29.3 Å². The van der Waals surface area contributed by atoms with E-state index in [1.807, 2.05) is 38.3 Å². The minimum absolute atomic E-state index is 0.0326. The first-order chi connectivity index (χ1) is 7.22. The highest BCUT2D eigenvalue weighted by molar-refractivity contribution is 6.40. The summed E-state index contributed by atoms with van der Waals surface area (Å²) in [4.78, 5) is 8.64. The highest BCUT2D eigenvalue weighted by atomic mass is 16.5. The zero-order chi connectivity index (χ0) is 10.8. The molecule has 0 aromatic heterocycles. The van der Waals surface area contributed by atoms with Crippen molar-refractivity contribution in [2.24, 2.45) is 9.98 Å². The molecule has 0 saturated heterocycles. The van der Waals surface area contributed by atoms with E-state index in [-0.39, 0.29) is 6.17 Å². The Balaban J connectivity index is 2.49. The van der Waals surface area contributed by atoms with Gasteiger partial charge in [-0.1, -0.05) is 12.1 Å². The molecule has 1 heterocycles. The fraction of sp³-hybridized carbons (Fsp3) is 0.333. The van der Waals surface area contributed by atoms with Gasteiger partial charge in [-0.2, -0.15) is 0 Å². The van der Waals surface area contributed by atoms with Crippen LogP contribution in [-0.2, 0) is 0 Å². The number of hydrogen-bond acceptors (Lipinski definition) is 3. The molecule has 3 heteroatoms. The molecule has 2 rings (SSSR count). The minimum atomic E-state index is 0.0326. The van der Waals surface area contributed by atoms with Gasteiger partial charge in [-0.25, -0.2) is 0 Å². The first kappa shape index (κ1) is 9.90. The van der Waals surface area contributed by atoms with Gasteiger partial charge in [0, 0.05) is 11.8 Å². The number of rotatable bonds is 2. The molecule has 0 fully saturated rings. The van der Waals surface area contributed by atoms with E-state index < -0.39 is 0 Å². The van der Waals surface area contributed by atoms with Crippen LogP contribution in [0.2, 0.25) is 0 Å². The van der Waals surface area contributed by atoms with Crippen molar-refractivity contribution in [3.63, 3.8) is 0 Å². The number of aliphatic imine (C=N–C) groups is 2. The molecule has 78 valence electrons. The summed E-state index contributed by atoms with van der Waals surface area (Å²) < 4.78 is 5.38. The van der Waals surface area contributed by atoms with Crippen LogP contribution in [0.4, 0.5) is 0 Å². The molecule has 1 unspecified atom stereocenters. The monoisotopic (exact) mass is 202 g/mol. The van der Waals surface area contributed by atoms with Gasteiger partial charge in [0.25, 0.3) is 0 Å². The first-order valence-corrected chi connectivity index (χ1v) is 4.97. The molecule has 0 saturated carbocycles. The number of methoxy groups -OCH3 is 1. The predicted octanol–water partition coefficient (Wildman–Crippen LogP) is 2.22. The molecule has 3 nitrogen and oxygen atoms in total. The summed E-state index contributed by atoms with van der Waals surface area (Å²) in [6.45, 7) is 3.99. The lowest BCUT2D eigenvalue weighted by atomic mass is 10.1. The molecule has 1 aromatic carbocycles. The van der Waals surface area contributed by atoms with Gasteiger partial charge in [0.1, 0.15) is 11.9 Å². The quantitative estimate of drug-likeness (QED) is 0.724. The van der Waals surface area contributed by atoms with Crippen LogP contribution < -0.4 is 4.74 Å². The average Bonchev–Trinajstić information content (AvgIpc) is 2.64. The van der Waals surface area contributed by atoms with Crippen molar-refractivity contribution in [3.8, 4) is 5.75 Å². The Labute approximate surface area is 89.5 Å². The van der Waals surface area contributed by atoms with Crippen LogP contribution in [0.1, 0.15) is 18.1 Å². The lowest BCUT2D eigenvalue weighted by Crippen LogP contribution is -2.04. The summed E-state index contributed by atoms with van der Waals surface area (Å²) in [5, 5.41) is 0. The average molecular weight is 202 g/mol. The number of hydrogen-bond donors (Lipinski definition) is 0. The molecular weight excluding hydrogens is 188 g/mol. The standard InChI is InChI=1S/C12H14N2O/c1-8-5-4-6-10(12(8)15-3)11-7-13-9(2)14-11/h4-7,9H,1-3H3. The molecule has 0 N–H and O–H groups in total. The number of benzene rings is 1. The van der Waals surface area contributed by atoms with Gasteiger partial charge in [0.2, 0.25) is 0 Å². The topological polar surface area (TPSA) is 34.0 Å². The maximum atomic E-state index is 5.38. The summed E-state index contributed by atoms with van der Waals surface area (Å²) >= 11 is 0. The smallest absolute Gasteiger partial charge is 0.137 e. The van der Waals surface area contributed by atoms with Crippen LogP contribution in [0.15, 0.2) is 28.2 Å². The van der Waals surface area contributed by atoms with Crippen LogP contribution in [0.5, 0.6) is 5.75 Å². The molecule has 1 atom stereocenters. The lowest BCUT2D eigenvalue weighted by molar-refractivity contribution is 0.411. The second-order valence-corrected chi connectivity index (χ2v) is 3.58. The molecule has 0 bridgehead atoms. The predicted molar refractivity (Wildman–Crippen MR) is 62.2 cm³/mol. The van der Waals surface area contributed by atoms with Gasteiger partial charge in [0.05, 0.1) is 12.8 Å². The number of ether oxygens (including phenoxy) is 1. The number of aryl methyl sites for hydroxylation is 1. The van der Waals surface area contributed by atoms with E-state index in [1.165, 1.54) is 0 Å². The number of para-hydroxylation sites is 1. The summed E-state index contributed by atoms with van der Waals surface area (Å²) in [5.41, 5.74) is 3.04. The zero-order valence-corrected chi connectivity index (χ0v) is 9.19. The van der Waals surface area contributed by atoms with Crippen molar-refractivity contribution in [1.82, 2.24) is 0 Å². The molecule has 0 aliphatic carbocycles. The fourth-order valence-electron chi connectivity index (χ4n) is 1.71. The fourth-order valence-corrected chi connectivity index (χ4v) is 1.71. The number of nitrogens with zero attached hydrogens (tertiary/aromatic N) is 2. The van der Waals surface area contributed by atoms with E-state index in [1.54, 1.807) is 7.11 Å². The highest BCUT2D eigenvalue weighted by Crippen LogP contribution is 2.24. The largest absolute Gasteiger partial charge is 0.496 e. The molecule has 0 spiro atoms. The minimum Gasteiger partial charge on any atom is -0.496 e. The molecule has 15 heavy (non-hydrogen) atoms. The van der Waals surface area contributed by atoms with E-state index in [9.17, 15) is 0 Å². The second-order valence-electron chi connectivity index (χ2n) is 3.58. The lowest BCUT2D eigenvalue weighted by Gasteiger charge is -2.09. The van der Waals surface area contributed by atoms with Gasteiger partial charge < -0.3 is 4.74 Å². The van der Waals surface area contributed by atoms with Crippen molar-refractivity contribution >= 4 is 11.9 Å². The third kappa shape index (κ3) is 1.77. The Bertz CT molecular complexity index is 435. The second kappa shape index (κ2) is 3.85. The molecule has 1 aliphatic heterocycles. The Morgan fingerprint density at radius 3 is 2.73 bits per heavy atom. The Morgan fingerprint density at radius 2 is 2.13 bits per heavy atom. The Kier molecular flexibility index (Phi) is 2.54. The van der Waals surface area contributed by atoms with Gasteiger partial charge in [-0.05, 0) is 25.5 Å². The SMILES string of the molecule is COc1c(C)cccc1C1=NC(C)N=C1. The van der Waals surface area contributed by atoms with E-state index in [0.29, 0.717) is 0 Å². The first-order valence-electron chi connectivity index (χ1n) is 4.97. The summed E-state index contributed by atoms with van der Waals surface area (Å²) in [6.07, 6.45) is 1.84. The van der Waals surface area contributed by atoms with E-state index >= 15 is 0 Å². The van der Waals surface area contributed by atoms with Gasteiger partial charge in [0.15, 0.2) is 0 Å². The Hall–Kier alpha value is -1.64. The van der Waals surface area contributed by atoms with E-state index in [2.05, 4.69) is 9.98 Å². The third-order valence-electron chi connectivity index (χ3n) is 2.43. The maximum Gasteiger partial charge on any atom is 0.137 e. The van der Waals surface area contributed by atoms with Crippen molar-refractivity contribution in [2.75, 3.05) is 7.11 Å². The molecule has 1 aliphatic rings. The maximum absolute atomic E-state index is 5.38. The van der Waals surface area contributed by atoms with Crippen LogP contribution >= 0.6 is 0 Å². The van der Waals surface area contributed by atoms with Crippen molar-refractivity contribution < 1.29 is 4.74 Å². The normalized spacial score (nSPS) is 19.1. The summed E-state index contributed by atoms with van der Waals surface area (Å²) in [5.74, 6) is 0.886. The Morgan fingerprint density at radius 1 is 1.33 bits per heavy atom.